The molecule has 140 valence electrons. The van der Waals surface area contributed by atoms with Gasteiger partial charge in [0.1, 0.15) is 0 Å². The largest absolute Gasteiger partial charge is 0.481 e. The lowest BCUT2D eigenvalue weighted by molar-refractivity contribution is -0.123. The highest BCUT2D eigenvalue weighted by Crippen LogP contribution is 2.25. The average Bonchev–Trinajstić information content (AvgIpc) is 3.22. The summed E-state index contributed by atoms with van der Waals surface area (Å²) < 4.78 is 7.32. The van der Waals surface area contributed by atoms with Crippen molar-refractivity contribution >= 4 is 5.91 Å². The van der Waals surface area contributed by atoms with E-state index in [1.807, 2.05) is 14.0 Å². The van der Waals surface area contributed by atoms with Gasteiger partial charge in [0, 0.05) is 26.7 Å². The van der Waals surface area contributed by atoms with Crippen molar-refractivity contribution in [2.45, 2.75) is 45.2 Å². The first kappa shape index (κ1) is 18.2. The second kappa shape index (κ2) is 8.19. The minimum absolute atomic E-state index is 0.0157. The van der Waals surface area contributed by atoms with Crippen molar-refractivity contribution in [2.75, 3.05) is 33.3 Å². The van der Waals surface area contributed by atoms with Crippen LogP contribution in [-0.2, 0) is 18.4 Å². The van der Waals surface area contributed by atoms with E-state index in [-0.39, 0.29) is 11.9 Å². The average molecular weight is 349 g/mol. The molecule has 2 saturated heterocycles. The number of aryl methyl sites for hydroxylation is 2. The summed E-state index contributed by atoms with van der Waals surface area (Å²) in [6.45, 7) is 6.73. The van der Waals surface area contributed by atoms with E-state index in [9.17, 15) is 4.79 Å². The van der Waals surface area contributed by atoms with E-state index in [4.69, 9.17) is 4.74 Å². The normalized spacial score (nSPS) is 24.4. The summed E-state index contributed by atoms with van der Waals surface area (Å²) in [5, 5.41) is 10.9. The Bertz CT molecular complexity index is 595. The third kappa shape index (κ3) is 4.33. The van der Waals surface area contributed by atoms with Crippen LogP contribution in [0.5, 0.6) is 5.88 Å². The Morgan fingerprint density at radius 2 is 2.24 bits per heavy atom. The van der Waals surface area contributed by atoms with Crippen LogP contribution in [0.4, 0.5) is 0 Å². The van der Waals surface area contributed by atoms with Gasteiger partial charge in [-0.15, -0.1) is 0 Å². The van der Waals surface area contributed by atoms with Gasteiger partial charge in [0.05, 0.1) is 24.4 Å². The Morgan fingerprint density at radius 1 is 1.40 bits per heavy atom. The molecule has 2 atom stereocenters. The van der Waals surface area contributed by atoms with E-state index in [1.165, 1.54) is 18.4 Å². The second-order valence-electron chi connectivity index (χ2n) is 7.33. The Kier molecular flexibility index (Phi) is 5.96. The van der Waals surface area contributed by atoms with Gasteiger partial charge in [-0.2, -0.15) is 5.10 Å². The quantitative estimate of drug-likeness (QED) is 0.796. The molecule has 2 N–H and O–H groups in total. The van der Waals surface area contributed by atoms with Crippen LogP contribution in [0.25, 0.3) is 0 Å². The number of carbonyl (C=O) groups excluding carboxylic acids is 1. The molecular weight excluding hydrogens is 318 g/mol. The van der Waals surface area contributed by atoms with Crippen LogP contribution in [-0.4, -0.2) is 59.9 Å². The zero-order valence-electron chi connectivity index (χ0n) is 15.7. The van der Waals surface area contributed by atoms with E-state index in [0.29, 0.717) is 5.92 Å². The number of hydrogen-bond acceptors (Lipinski definition) is 5. The zero-order valence-corrected chi connectivity index (χ0v) is 15.7. The summed E-state index contributed by atoms with van der Waals surface area (Å²) in [6, 6.07) is 0.0157. The maximum atomic E-state index is 12.2. The van der Waals surface area contributed by atoms with Gasteiger partial charge in [-0.05, 0) is 51.6 Å². The van der Waals surface area contributed by atoms with Crippen molar-refractivity contribution in [1.82, 2.24) is 25.3 Å². The summed E-state index contributed by atoms with van der Waals surface area (Å²) in [4.78, 5) is 14.6. The molecule has 7 heteroatoms. The standard InChI is InChI=1S/C18H31N5O2/c1-13-15(18(25-3)22(2)21-13)12-23-9-5-6-14(11-23)10-20-17(24)16-7-4-8-19-16/h14,16,19H,4-12H2,1-3H3,(H,20,24). The molecule has 3 heterocycles. The summed E-state index contributed by atoms with van der Waals surface area (Å²) in [5.74, 6) is 1.53. The van der Waals surface area contributed by atoms with Crippen molar-refractivity contribution in [3.8, 4) is 5.88 Å². The van der Waals surface area contributed by atoms with Gasteiger partial charge in [0.15, 0.2) is 0 Å². The third-order valence-electron chi connectivity index (χ3n) is 5.41. The van der Waals surface area contributed by atoms with Crippen LogP contribution in [0.3, 0.4) is 0 Å². The Hall–Kier alpha value is -1.60. The van der Waals surface area contributed by atoms with Crippen LogP contribution < -0.4 is 15.4 Å². The Balaban J connectivity index is 1.52. The highest BCUT2D eigenvalue weighted by Gasteiger charge is 2.26. The monoisotopic (exact) mass is 349 g/mol. The minimum atomic E-state index is 0.0157. The van der Waals surface area contributed by atoms with Crippen LogP contribution >= 0.6 is 0 Å². The van der Waals surface area contributed by atoms with E-state index in [1.54, 1.807) is 11.8 Å². The fourth-order valence-corrected chi connectivity index (χ4v) is 4.08. The Morgan fingerprint density at radius 3 is 2.96 bits per heavy atom. The lowest BCUT2D eigenvalue weighted by Gasteiger charge is -2.33. The molecule has 25 heavy (non-hydrogen) atoms. The molecule has 7 nitrogen and oxygen atoms in total. The van der Waals surface area contributed by atoms with Gasteiger partial charge in [-0.1, -0.05) is 0 Å². The number of nitrogens with one attached hydrogen (secondary N) is 2. The summed E-state index contributed by atoms with van der Waals surface area (Å²) in [7, 11) is 3.62. The first-order chi connectivity index (χ1) is 12.1. The molecule has 1 aromatic heterocycles. The number of ether oxygens (including phenoxy) is 1. The molecule has 2 fully saturated rings. The SMILES string of the molecule is COc1c(CN2CCCC(CNC(=O)C3CCCN3)C2)c(C)nn1C. The number of piperidine rings is 1. The Labute approximate surface area is 150 Å². The van der Waals surface area contributed by atoms with Crippen LogP contribution in [0.2, 0.25) is 0 Å². The van der Waals surface area contributed by atoms with Crippen LogP contribution in [0, 0.1) is 12.8 Å². The molecule has 2 aliphatic heterocycles. The maximum absolute atomic E-state index is 12.2. The number of likely N-dealkylation sites (tertiary alicyclic amines) is 1. The molecular formula is C18H31N5O2. The fourth-order valence-electron chi connectivity index (χ4n) is 4.08. The number of methoxy groups -OCH3 is 1. The van der Waals surface area contributed by atoms with E-state index < -0.39 is 0 Å². The predicted molar refractivity (Wildman–Crippen MR) is 96.5 cm³/mol. The zero-order chi connectivity index (χ0) is 17.8. The van der Waals surface area contributed by atoms with E-state index >= 15 is 0 Å². The molecule has 0 spiro atoms. The van der Waals surface area contributed by atoms with Gasteiger partial charge in [0.2, 0.25) is 11.8 Å². The molecule has 2 unspecified atom stereocenters. The van der Waals surface area contributed by atoms with Crippen molar-refractivity contribution < 1.29 is 9.53 Å². The van der Waals surface area contributed by atoms with Crippen molar-refractivity contribution in [3.63, 3.8) is 0 Å². The maximum Gasteiger partial charge on any atom is 0.237 e. The number of nitrogens with zero attached hydrogens (tertiary/aromatic N) is 3. The van der Waals surface area contributed by atoms with Crippen LogP contribution in [0.1, 0.15) is 36.9 Å². The van der Waals surface area contributed by atoms with E-state index in [2.05, 4.69) is 20.6 Å². The highest BCUT2D eigenvalue weighted by atomic mass is 16.5. The first-order valence-electron chi connectivity index (χ1n) is 9.38. The smallest absolute Gasteiger partial charge is 0.237 e. The summed E-state index contributed by atoms with van der Waals surface area (Å²) in [6.07, 6.45) is 4.41. The van der Waals surface area contributed by atoms with Crippen molar-refractivity contribution in [1.29, 1.82) is 0 Å². The molecule has 0 saturated carbocycles. The summed E-state index contributed by atoms with van der Waals surface area (Å²) >= 11 is 0. The first-order valence-corrected chi connectivity index (χ1v) is 9.38. The van der Waals surface area contributed by atoms with Gasteiger partial charge in [0.25, 0.3) is 0 Å². The van der Waals surface area contributed by atoms with Crippen LogP contribution in [0.15, 0.2) is 0 Å². The van der Waals surface area contributed by atoms with Crippen molar-refractivity contribution in [3.05, 3.63) is 11.3 Å². The second-order valence-corrected chi connectivity index (χ2v) is 7.33. The number of amides is 1. The summed E-state index contributed by atoms with van der Waals surface area (Å²) in [5.41, 5.74) is 2.20. The molecule has 0 aromatic carbocycles. The molecule has 0 bridgehead atoms. The molecule has 3 rings (SSSR count). The van der Waals surface area contributed by atoms with Gasteiger partial charge in [-0.25, -0.2) is 4.68 Å². The lowest BCUT2D eigenvalue weighted by atomic mass is 9.97. The molecule has 1 amide bonds. The number of aromatic nitrogens is 2. The fraction of sp³-hybridized carbons (Fsp3) is 0.778. The van der Waals surface area contributed by atoms with Gasteiger partial charge in [-0.3, -0.25) is 9.69 Å². The number of rotatable bonds is 6. The van der Waals surface area contributed by atoms with Gasteiger partial charge >= 0.3 is 0 Å². The third-order valence-corrected chi connectivity index (χ3v) is 5.41. The lowest BCUT2D eigenvalue weighted by Crippen LogP contribution is -2.45. The van der Waals surface area contributed by atoms with Crippen molar-refractivity contribution in [2.24, 2.45) is 13.0 Å². The molecule has 0 radical (unpaired) electrons. The molecule has 1 aromatic rings. The molecule has 2 aliphatic rings. The number of hydrogen-bond donors (Lipinski definition) is 2. The van der Waals surface area contributed by atoms with E-state index in [0.717, 1.165) is 57.1 Å². The highest BCUT2D eigenvalue weighted by molar-refractivity contribution is 5.81. The molecule has 0 aliphatic carbocycles. The predicted octanol–water partition coefficient (Wildman–Crippen LogP) is 0.817. The minimum Gasteiger partial charge on any atom is -0.481 e. The number of carbonyl (C=O) groups is 1. The van der Waals surface area contributed by atoms with Gasteiger partial charge < -0.3 is 15.4 Å². The topological polar surface area (TPSA) is 71.4 Å².